The van der Waals surface area contributed by atoms with Gasteiger partial charge in [-0.05, 0) is 42.2 Å². The maximum atomic E-state index is 15.4. The van der Waals surface area contributed by atoms with Crippen molar-refractivity contribution in [3.63, 3.8) is 0 Å². The number of benzene rings is 1. The SMILES string of the molecule is CC1CC=C(c2c(F)ccc3[nH]ccc23)N=C(N2CCOCC2)c2oc3ncc(CN4CCS(=O)CC4)cc3c21. The highest BCUT2D eigenvalue weighted by Crippen LogP contribution is 2.39. The summed E-state index contributed by atoms with van der Waals surface area (Å²) in [5.74, 6) is 2.64. The van der Waals surface area contributed by atoms with Crippen LogP contribution in [0.4, 0.5) is 4.39 Å². The van der Waals surface area contributed by atoms with Gasteiger partial charge >= 0.3 is 0 Å². The molecule has 0 bridgehead atoms. The van der Waals surface area contributed by atoms with E-state index in [9.17, 15) is 4.21 Å². The molecule has 1 aromatic carbocycles. The Labute approximate surface area is 234 Å². The highest BCUT2D eigenvalue weighted by atomic mass is 32.2. The van der Waals surface area contributed by atoms with Gasteiger partial charge in [-0.2, -0.15) is 0 Å². The van der Waals surface area contributed by atoms with E-state index in [-0.39, 0.29) is 11.7 Å². The molecule has 0 saturated carbocycles. The minimum Gasteiger partial charge on any atom is -0.434 e. The van der Waals surface area contributed by atoms with Crippen LogP contribution in [0.25, 0.3) is 27.7 Å². The molecule has 8 nitrogen and oxygen atoms in total. The van der Waals surface area contributed by atoms with E-state index in [0.717, 1.165) is 58.6 Å². The van der Waals surface area contributed by atoms with E-state index >= 15 is 4.39 Å². The van der Waals surface area contributed by atoms with Crippen LogP contribution in [0, 0.1) is 5.82 Å². The summed E-state index contributed by atoms with van der Waals surface area (Å²) in [5, 5.41) is 1.81. The predicted molar refractivity (Wildman–Crippen MR) is 155 cm³/mol. The molecule has 0 aliphatic carbocycles. The Bertz CT molecular complexity index is 1660. The van der Waals surface area contributed by atoms with E-state index in [2.05, 4.69) is 33.8 Å². The molecule has 0 amide bonds. The van der Waals surface area contributed by atoms with Crippen molar-refractivity contribution < 1.29 is 17.8 Å². The fourth-order valence-corrected chi connectivity index (χ4v) is 7.14. The average Bonchev–Trinajstić information content (AvgIpc) is 3.59. The van der Waals surface area contributed by atoms with Gasteiger partial charge in [-0.1, -0.05) is 13.0 Å². The molecule has 40 heavy (non-hydrogen) atoms. The number of aromatic amines is 1. The summed E-state index contributed by atoms with van der Waals surface area (Å²) in [4.78, 5) is 17.6. The number of halogens is 1. The summed E-state index contributed by atoms with van der Waals surface area (Å²) in [6.45, 7) is 7.13. The second-order valence-corrected chi connectivity index (χ2v) is 12.5. The lowest BCUT2D eigenvalue weighted by molar-refractivity contribution is 0.0678. The van der Waals surface area contributed by atoms with Crippen LogP contribution in [0.15, 0.2) is 52.1 Å². The number of morpholine rings is 1. The molecule has 1 N–H and O–H groups in total. The molecule has 3 aliphatic heterocycles. The van der Waals surface area contributed by atoms with Gasteiger partial charge in [0.15, 0.2) is 11.6 Å². The van der Waals surface area contributed by atoms with Crippen molar-refractivity contribution in [2.45, 2.75) is 25.8 Å². The van der Waals surface area contributed by atoms with Crippen LogP contribution >= 0.6 is 0 Å². The van der Waals surface area contributed by atoms with Crippen LogP contribution in [-0.4, -0.2) is 80.7 Å². The van der Waals surface area contributed by atoms with Crippen LogP contribution in [0.3, 0.4) is 0 Å². The number of allylic oxidation sites excluding steroid dienone is 1. The molecular weight excluding hydrogens is 529 g/mol. The Kier molecular flexibility index (Phi) is 6.77. The number of H-pyrrole nitrogens is 1. The molecular formula is C30H32FN5O3S. The molecule has 208 valence electrons. The smallest absolute Gasteiger partial charge is 0.227 e. The van der Waals surface area contributed by atoms with Crippen molar-refractivity contribution in [2.24, 2.45) is 4.99 Å². The highest BCUT2D eigenvalue weighted by Gasteiger charge is 2.31. The number of fused-ring (bicyclic) bond motifs is 4. The van der Waals surface area contributed by atoms with Crippen molar-refractivity contribution in [3.8, 4) is 0 Å². The van der Waals surface area contributed by atoms with Gasteiger partial charge < -0.3 is 19.0 Å². The van der Waals surface area contributed by atoms with Gasteiger partial charge in [-0.15, -0.1) is 0 Å². The van der Waals surface area contributed by atoms with Crippen molar-refractivity contribution in [3.05, 3.63) is 71.0 Å². The lowest BCUT2D eigenvalue weighted by Crippen LogP contribution is -2.41. The molecule has 10 heteroatoms. The van der Waals surface area contributed by atoms with Gasteiger partial charge in [0.1, 0.15) is 5.82 Å². The highest BCUT2D eigenvalue weighted by molar-refractivity contribution is 7.85. The molecule has 3 aromatic heterocycles. The van der Waals surface area contributed by atoms with Crippen molar-refractivity contribution >= 4 is 44.3 Å². The summed E-state index contributed by atoms with van der Waals surface area (Å²) >= 11 is 0. The fraction of sp³-hybridized carbons (Fsp3) is 0.400. The van der Waals surface area contributed by atoms with Crippen molar-refractivity contribution in [1.29, 1.82) is 0 Å². The largest absolute Gasteiger partial charge is 0.434 e. The third-order valence-corrected chi connectivity index (χ3v) is 9.43. The zero-order valence-electron chi connectivity index (χ0n) is 22.5. The lowest BCUT2D eigenvalue weighted by atomic mass is 9.92. The maximum absolute atomic E-state index is 15.4. The summed E-state index contributed by atoms with van der Waals surface area (Å²) in [7, 11) is -0.705. The average molecular weight is 562 g/mol. The number of hydrogen-bond acceptors (Lipinski definition) is 7. The van der Waals surface area contributed by atoms with Crippen molar-refractivity contribution in [1.82, 2.24) is 19.8 Å². The second kappa shape index (κ2) is 10.6. The number of nitrogens with one attached hydrogen (secondary N) is 1. The topological polar surface area (TPSA) is 87.0 Å². The minimum atomic E-state index is -0.705. The summed E-state index contributed by atoms with van der Waals surface area (Å²) in [6, 6.07) is 7.35. The number of amidine groups is 1. The van der Waals surface area contributed by atoms with Gasteiger partial charge in [0.05, 0.1) is 18.9 Å². The quantitative estimate of drug-likeness (QED) is 0.392. The molecule has 7 rings (SSSR count). The second-order valence-electron chi connectivity index (χ2n) is 10.8. The van der Waals surface area contributed by atoms with E-state index in [0.29, 0.717) is 61.3 Å². The number of pyridine rings is 1. The zero-order chi connectivity index (χ0) is 27.2. The number of furan rings is 1. The first kappa shape index (κ1) is 25.6. The van der Waals surface area contributed by atoms with Crippen LogP contribution < -0.4 is 0 Å². The Morgan fingerprint density at radius 2 is 1.95 bits per heavy atom. The van der Waals surface area contributed by atoms with Gasteiger partial charge in [0.25, 0.3) is 0 Å². The molecule has 3 aliphatic rings. The first-order valence-corrected chi connectivity index (χ1v) is 15.4. The van der Waals surface area contributed by atoms with Crippen LogP contribution in [-0.2, 0) is 22.1 Å². The molecule has 0 spiro atoms. The monoisotopic (exact) mass is 561 g/mol. The number of rotatable bonds is 3. The molecule has 6 heterocycles. The molecule has 2 fully saturated rings. The number of ether oxygens (including phenoxy) is 1. The van der Waals surface area contributed by atoms with E-state index < -0.39 is 10.8 Å². The van der Waals surface area contributed by atoms with Gasteiger partial charge in [-0.3, -0.25) is 9.11 Å². The normalized spacial score (nSPS) is 21.2. The Hall–Kier alpha value is -3.34. The Balaban J connectivity index is 1.35. The molecule has 1 atom stereocenters. The minimum absolute atomic E-state index is 0.0979. The Morgan fingerprint density at radius 1 is 1.12 bits per heavy atom. The molecule has 4 aromatic rings. The summed E-state index contributed by atoms with van der Waals surface area (Å²) in [6.07, 6.45) is 6.45. The van der Waals surface area contributed by atoms with Crippen LogP contribution in [0.1, 0.15) is 41.7 Å². The summed E-state index contributed by atoms with van der Waals surface area (Å²) in [5.41, 5.74) is 4.77. The number of aliphatic imine (C=N–C) groups is 1. The van der Waals surface area contributed by atoms with Crippen molar-refractivity contribution in [2.75, 3.05) is 50.9 Å². The van der Waals surface area contributed by atoms with E-state index in [4.69, 9.17) is 19.1 Å². The van der Waals surface area contributed by atoms with E-state index in [1.807, 2.05) is 18.5 Å². The van der Waals surface area contributed by atoms with Crippen LogP contribution in [0.2, 0.25) is 0 Å². The van der Waals surface area contributed by atoms with Gasteiger partial charge in [0.2, 0.25) is 5.71 Å². The summed E-state index contributed by atoms with van der Waals surface area (Å²) < 4.78 is 39.4. The predicted octanol–water partition coefficient (Wildman–Crippen LogP) is 4.64. The standard InChI is InChI=1S/C30H32FN5O3S/c1-19-2-4-25(27-21-6-7-32-24(21)5-3-23(27)31)34-29(36-8-12-38-13-9-36)28-26(19)22-16-20(17-33-30(22)39-28)18-35-10-14-40(37)15-11-35/h3-7,16-17,19,32H,2,8-15,18H2,1H3. The van der Waals surface area contributed by atoms with Gasteiger partial charge in [0, 0.05) is 94.8 Å². The van der Waals surface area contributed by atoms with E-state index in [1.54, 1.807) is 6.07 Å². The fourth-order valence-electron chi connectivity index (χ4n) is 6.01. The van der Waals surface area contributed by atoms with Crippen LogP contribution in [0.5, 0.6) is 0 Å². The number of hydrogen-bond donors (Lipinski definition) is 1. The third kappa shape index (κ3) is 4.67. The zero-order valence-corrected chi connectivity index (χ0v) is 23.3. The number of aromatic nitrogens is 2. The molecule has 2 saturated heterocycles. The Morgan fingerprint density at radius 3 is 2.77 bits per heavy atom. The lowest BCUT2D eigenvalue weighted by Gasteiger charge is -2.30. The van der Waals surface area contributed by atoms with E-state index in [1.165, 1.54) is 6.07 Å². The van der Waals surface area contributed by atoms with Gasteiger partial charge in [-0.25, -0.2) is 14.4 Å². The number of nitrogens with zero attached hydrogens (tertiary/aromatic N) is 4. The maximum Gasteiger partial charge on any atom is 0.227 e. The molecule has 1 unspecified atom stereocenters. The first-order valence-electron chi connectivity index (χ1n) is 13.9. The molecule has 0 radical (unpaired) electrons. The third-order valence-electron chi connectivity index (χ3n) is 8.16. The first-order chi connectivity index (χ1) is 19.5.